The highest BCUT2D eigenvalue weighted by molar-refractivity contribution is 9.10. The normalized spacial score (nSPS) is 14.5. The van der Waals surface area contributed by atoms with Gasteiger partial charge in [0.05, 0.1) is 12.8 Å². The second-order valence-electron chi connectivity index (χ2n) is 6.60. The number of halogens is 1. The molecule has 0 spiro atoms. The third-order valence-electron chi connectivity index (χ3n) is 4.91. The summed E-state index contributed by atoms with van der Waals surface area (Å²) in [7, 11) is 1.47. The smallest absolute Gasteiger partial charge is 0.288 e. The number of aromatic nitrogens is 6. The summed E-state index contributed by atoms with van der Waals surface area (Å²) >= 11 is 3.43. The molecule has 3 N–H and O–H groups in total. The Morgan fingerprint density at radius 1 is 1.20 bits per heavy atom. The number of aromatic amines is 1. The zero-order chi connectivity index (χ0) is 20.8. The second-order valence-corrected chi connectivity index (χ2v) is 7.52. The lowest BCUT2D eigenvalue weighted by atomic mass is 9.92. The summed E-state index contributed by atoms with van der Waals surface area (Å²) in [5, 5.41) is 31.7. The molecule has 1 aliphatic rings. The van der Waals surface area contributed by atoms with Gasteiger partial charge in [-0.1, -0.05) is 39.2 Å². The number of tetrazole rings is 1. The highest BCUT2D eigenvalue weighted by Gasteiger charge is 2.34. The number of ether oxygens (including phenoxy) is 1. The molecule has 0 saturated carbocycles. The Labute approximate surface area is 177 Å². The van der Waals surface area contributed by atoms with E-state index < -0.39 is 11.6 Å². The number of methoxy groups -OCH3 is 1. The molecule has 1 aliphatic heterocycles. The van der Waals surface area contributed by atoms with Crippen molar-refractivity contribution in [1.29, 1.82) is 0 Å². The van der Waals surface area contributed by atoms with Gasteiger partial charge in [-0.3, -0.25) is 4.79 Å². The van der Waals surface area contributed by atoms with E-state index in [0.717, 1.165) is 10.0 Å². The van der Waals surface area contributed by atoms with Crippen LogP contribution >= 0.6 is 15.9 Å². The van der Waals surface area contributed by atoms with E-state index >= 15 is 0 Å². The molecule has 0 aliphatic carbocycles. The Morgan fingerprint density at radius 2 is 2.00 bits per heavy atom. The number of phenolic OH excluding ortho intramolecular Hbond substituents is 1. The Morgan fingerprint density at radius 3 is 2.77 bits per heavy atom. The fourth-order valence-electron chi connectivity index (χ4n) is 3.54. The minimum Gasteiger partial charge on any atom is -0.504 e. The van der Waals surface area contributed by atoms with Crippen molar-refractivity contribution >= 4 is 27.6 Å². The van der Waals surface area contributed by atoms with Crippen molar-refractivity contribution in [3.05, 3.63) is 68.4 Å². The van der Waals surface area contributed by atoms with Gasteiger partial charge < -0.3 is 15.2 Å². The summed E-state index contributed by atoms with van der Waals surface area (Å²) < 4.78 is 7.76. The number of benzene rings is 2. The average molecular weight is 468 g/mol. The maximum atomic E-state index is 12.7. The summed E-state index contributed by atoms with van der Waals surface area (Å²) in [6, 6.07) is 12.0. The number of rotatable bonds is 3. The zero-order valence-corrected chi connectivity index (χ0v) is 17.1. The number of hydrogen-bond acceptors (Lipinski definition) is 8. The lowest BCUT2D eigenvalue weighted by molar-refractivity contribution is 0.372. The van der Waals surface area contributed by atoms with Crippen LogP contribution in [0.25, 0.3) is 11.3 Å². The van der Waals surface area contributed by atoms with E-state index in [1.165, 1.54) is 13.2 Å². The van der Waals surface area contributed by atoms with Gasteiger partial charge >= 0.3 is 0 Å². The van der Waals surface area contributed by atoms with E-state index in [-0.39, 0.29) is 5.75 Å². The van der Waals surface area contributed by atoms with E-state index in [2.05, 4.69) is 47.0 Å². The van der Waals surface area contributed by atoms with Gasteiger partial charge in [-0.2, -0.15) is 9.78 Å². The lowest BCUT2D eigenvalue weighted by Crippen LogP contribution is -2.29. The van der Waals surface area contributed by atoms with Gasteiger partial charge in [-0.05, 0) is 40.3 Å². The molecule has 0 bridgehead atoms. The van der Waals surface area contributed by atoms with Crippen LogP contribution in [0.1, 0.15) is 17.2 Å². The Balaban J connectivity index is 1.81. The first-order valence-electron chi connectivity index (χ1n) is 8.87. The minimum absolute atomic E-state index is 0.00418. The fourth-order valence-corrected chi connectivity index (χ4v) is 3.80. The SMILES string of the molecule is COc1cc([C@H]2c3c(-c4ccc(Br)cc4)n[nH]c(=O)c3Nc3nnnn32)ccc1O. The fraction of sp³-hybridized carbons (Fsp3) is 0.105. The van der Waals surface area contributed by atoms with Gasteiger partial charge in [0, 0.05) is 15.6 Å². The van der Waals surface area contributed by atoms with Crippen LogP contribution in [-0.4, -0.2) is 42.6 Å². The van der Waals surface area contributed by atoms with Crippen molar-refractivity contribution in [2.24, 2.45) is 0 Å². The minimum atomic E-state index is -0.575. The van der Waals surface area contributed by atoms with Gasteiger partial charge in [-0.25, -0.2) is 5.10 Å². The number of fused-ring (bicyclic) bond motifs is 2. The first-order valence-corrected chi connectivity index (χ1v) is 9.66. The number of hydrogen-bond donors (Lipinski definition) is 3. The molecule has 10 nitrogen and oxygen atoms in total. The van der Waals surface area contributed by atoms with E-state index in [4.69, 9.17) is 4.74 Å². The molecule has 0 unspecified atom stereocenters. The van der Waals surface area contributed by atoms with Crippen LogP contribution in [0.4, 0.5) is 11.6 Å². The molecule has 0 fully saturated rings. The standard InChI is InChI=1S/C19H14BrN7O3/c1-30-13-8-10(4-7-12(13)28)17-14-15(9-2-5-11(20)6-3-9)22-23-18(29)16(14)21-19-24-25-26-27(17)19/h2-8,17,28H,1H3,(H,23,29)(H,21,24,26)/t17-/m0/s1. The Kier molecular flexibility index (Phi) is 4.24. The molecular weight excluding hydrogens is 454 g/mol. The quantitative estimate of drug-likeness (QED) is 0.368. The molecule has 2 aromatic carbocycles. The number of aromatic hydroxyl groups is 1. The van der Waals surface area contributed by atoms with Crippen molar-refractivity contribution in [1.82, 2.24) is 30.4 Å². The third-order valence-corrected chi connectivity index (χ3v) is 5.43. The van der Waals surface area contributed by atoms with Crippen molar-refractivity contribution in [3.8, 4) is 22.8 Å². The maximum Gasteiger partial charge on any atom is 0.288 e. The van der Waals surface area contributed by atoms with Crippen LogP contribution in [0.2, 0.25) is 0 Å². The molecule has 30 heavy (non-hydrogen) atoms. The lowest BCUT2D eigenvalue weighted by Gasteiger charge is -2.28. The molecular formula is C19H14BrN7O3. The van der Waals surface area contributed by atoms with E-state index in [1.54, 1.807) is 16.8 Å². The molecule has 3 heterocycles. The molecule has 150 valence electrons. The van der Waals surface area contributed by atoms with Crippen LogP contribution in [-0.2, 0) is 0 Å². The van der Waals surface area contributed by atoms with Gasteiger partial charge in [0.2, 0.25) is 5.95 Å². The number of nitrogens with zero attached hydrogens (tertiary/aromatic N) is 5. The highest BCUT2D eigenvalue weighted by atomic mass is 79.9. The van der Waals surface area contributed by atoms with Gasteiger partial charge in [-0.15, -0.1) is 0 Å². The second kappa shape index (κ2) is 6.95. The summed E-state index contributed by atoms with van der Waals surface area (Å²) in [5.74, 6) is 0.618. The molecule has 0 amide bonds. The molecule has 4 aromatic rings. The monoisotopic (exact) mass is 467 g/mol. The summed E-state index contributed by atoms with van der Waals surface area (Å²) in [5.41, 5.74) is 2.61. The van der Waals surface area contributed by atoms with Crippen LogP contribution in [0, 0.1) is 0 Å². The van der Waals surface area contributed by atoms with Gasteiger partial charge in [0.1, 0.15) is 11.7 Å². The maximum absolute atomic E-state index is 12.7. The summed E-state index contributed by atoms with van der Waals surface area (Å²) in [6.07, 6.45) is 0. The van der Waals surface area contributed by atoms with E-state index in [9.17, 15) is 9.90 Å². The van der Waals surface area contributed by atoms with Crippen molar-refractivity contribution in [3.63, 3.8) is 0 Å². The number of nitrogens with one attached hydrogen (secondary N) is 2. The third kappa shape index (κ3) is 2.82. The molecule has 5 rings (SSSR count). The average Bonchev–Trinajstić information content (AvgIpc) is 3.22. The molecule has 0 saturated heterocycles. The van der Waals surface area contributed by atoms with Gasteiger partial charge in [0.15, 0.2) is 11.5 Å². The van der Waals surface area contributed by atoms with Gasteiger partial charge in [0.25, 0.3) is 5.56 Å². The predicted octanol–water partition coefficient (Wildman–Crippen LogP) is 2.59. The molecule has 1 atom stereocenters. The van der Waals surface area contributed by atoms with Crippen molar-refractivity contribution < 1.29 is 9.84 Å². The first kappa shape index (κ1) is 18.3. The molecule has 11 heteroatoms. The molecule has 2 aromatic heterocycles. The predicted molar refractivity (Wildman–Crippen MR) is 111 cm³/mol. The van der Waals surface area contributed by atoms with E-state index in [1.807, 2.05) is 24.3 Å². The number of phenols is 1. The van der Waals surface area contributed by atoms with Crippen molar-refractivity contribution in [2.45, 2.75) is 6.04 Å². The number of anilines is 2. The zero-order valence-electron chi connectivity index (χ0n) is 15.5. The van der Waals surface area contributed by atoms with Crippen LogP contribution in [0.5, 0.6) is 11.5 Å². The largest absolute Gasteiger partial charge is 0.504 e. The van der Waals surface area contributed by atoms with Crippen LogP contribution < -0.4 is 15.6 Å². The Bertz CT molecular complexity index is 1320. The number of H-pyrrole nitrogens is 1. The highest BCUT2D eigenvalue weighted by Crippen LogP contribution is 2.42. The Hall–Kier alpha value is -3.73. The topological polar surface area (TPSA) is 131 Å². The first-order chi connectivity index (χ1) is 14.6. The summed E-state index contributed by atoms with van der Waals surface area (Å²) in [4.78, 5) is 12.7. The van der Waals surface area contributed by atoms with Crippen molar-refractivity contribution in [2.75, 3.05) is 12.4 Å². The van der Waals surface area contributed by atoms with Crippen LogP contribution in [0.15, 0.2) is 51.7 Å². The van der Waals surface area contributed by atoms with Crippen LogP contribution in [0.3, 0.4) is 0 Å². The van der Waals surface area contributed by atoms with E-state index in [0.29, 0.717) is 34.2 Å². The summed E-state index contributed by atoms with van der Waals surface area (Å²) in [6.45, 7) is 0. The molecule has 0 radical (unpaired) electrons.